The van der Waals surface area contributed by atoms with Gasteiger partial charge >= 0.3 is 5.97 Å². The number of anilines is 1. The standard InChI is InChI=1S/C32H47N3O14/c36-27-5-4-26(30(39)34-27)35-31(40)24-2-1-3-25(29(24)32(35)41)33-7-9-43-11-13-45-15-17-47-19-21-49-23-22-48-20-18-46-16-14-44-12-10-42-8-6-28(37)38/h1-3,26,33H,4-23H2,(H,37,38)(H,34,36,39). The number of nitrogens with zero attached hydrogens (tertiary/aromatic N) is 1. The molecule has 1 saturated heterocycles. The molecule has 3 rings (SSSR count). The second kappa shape index (κ2) is 23.7. The molecule has 1 aromatic rings. The second-order valence-corrected chi connectivity index (χ2v) is 10.6. The number of carboxylic acid groups (broad SMARTS) is 1. The van der Waals surface area contributed by atoms with Gasteiger partial charge in [-0.2, -0.15) is 0 Å². The monoisotopic (exact) mass is 697 g/mol. The van der Waals surface area contributed by atoms with E-state index in [4.69, 9.17) is 43.0 Å². The van der Waals surface area contributed by atoms with Crippen LogP contribution in [0.1, 0.15) is 40.0 Å². The lowest BCUT2D eigenvalue weighted by molar-refractivity contribution is -0.138. The van der Waals surface area contributed by atoms with Crippen molar-refractivity contribution in [1.29, 1.82) is 0 Å². The molecule has 2 aliphatic rings. The lowest BCUT2D eigenvalue weighted by Gasteiger charge is -2.27. The molecule has 2 heterocycles. The molecule has 2 aliphatic heterocycles. The molecule has 1 unspecified atom stereocenters. The number of amides is 4. The van der Waals surface area contributed by atoms with Crippen LogP contribution in [0.3, 0.4) is 0 Å². The lowest BCUT2D eigenvalue weighted by Crippen LogP contribution is -2.54. The van der Waals surface area contributed by atoms with Crippen LogP contribution in [-0.4, -0.2) is 158 Å². The first kappa shape index (κ1) is 39.9. The van der Waals surface area contributed by atoms with Gasteiger partial charge < -0.3 is 48.3 Å². The SMILES string of the molecule is O=C(O)CCOCCOCCOCCOCCOCCOCCOCCOCCNc1cccc2c1C(=O)N(C1CCC(=O)NC1=O)C2=O. The van der Waals surface area contributed by atoms with E-state index < -0.39 is 35.6 Å². The van der Waals surface area contributed by atoms with E-state index in [-0.39, 0.29) is 37.0 Å². The van der Waals surface area contributed by atoms with E-state index in [1.165, 1.54) is 0 Å². The molecule has 1 aromatic carbocycles. The molecule has 0 spiro atoms. The molecular weight excluding hydrogens is 650 g/mol. The maximum Gasteiger partial charge on any atom is 0.305 e. The smallest absolute Gasteiger partial charge is 0.305 e. The minimum absolute atomic E-state index is 0.0178. The predicted molar refractivity (Wildman–Crippen MR) is 170 cm³/mol. The molecule has 0 aromatic heterocycles. The Hall–Kier alpha value is -3.55. The largest absolute Gasteiger partial charge is 0.481 e. The van der Waals surface area contributed by atoms with Crippen molar-refractivity contribution in [3.05, 3.63) is 29.3 Å². The summed E-state index contributed by atoms with van der Waals surface area (Å²) in [6, 6.07) is 3.88. The summed E-state index contributed by atoms with van der Waals surface area (Å²) in [7, 11) is 0. The van der Waals surface area contributed by atoms with E-state index in [1.54, 1.807) is 18.2 Å². The zero-order valence-electron chi connectivity index (χ0n) is 27.7. The van der Waals surface area contributed by atoms with Gasteiger partial charge in [-0.3, -0.25) is 34.2 Å². The summed E-state index contributed by atoms with van der Waals surface area (Å²) in [4.78, 5) is 61.1. The van der Waals surface area contributed by atoms with Crippen molar-refractivity contribution in [1.82, 2.24) is 10.2 Å². The molecular formula is C32H47N3O14. The van der Waals surface area contributed by atoms with E-state index >= 15 is 0 Å². The van der Waals surface area contributed by atoms with Crippen LogP contribution >= 0.6 is 0 Å². The third-order valence-corrected chi connectivity index (χ3v) is 7.09. The highest BCUT2D eigenvalue weighted by molar-refractivity contribution is 6.25. The van der Waals surface area contributed by atoms with Gasteiger partial charge in [0.25, 0.3) is 11.8 Å². The quantitative estimate of drug-likeness (QED) is 0.0750. The fraction of sp³-hybridized carbons (Fsp3) is 0.656. The molecule has 0 radical (unpaired) electrons. The molecule has 49 heavy (non-hydrogen) atoms. The van der Waals surface area contributed by atoms with E-state index in [2.05, 4.69) is 10.6 Å². The van der Waals surface area contributed by atoms with Gasteiger partial charge in [-0.1, -0.05) is 6.07 Å². The molecule has 17 nitrogen and oxygen atoms in total. The molecule has 0 aliphatic carbocycles. The Morgan fingerprint density at radius 1 is 0.694 bits per heavy atom. The number of hydrogen-bond donors (Lipinski definition) is 3. The number of carbonyl (C=O) groups is 5. The molecule has 1 atom stereocenters. The summed E-state index contributed by atoms with van der Waals surface area (Å²) in [6.07, 6.45) is 0.145. The van der Waals surface area contributed by atoms with Crippen LogP contribution in [0.2, 0.25) is 0 Å². The van der Waals surface area contributed by atoms with Gasteiger partial charge in [0.15, 0.2) is 0 Å². The Labute approximate surface area is 284 Å². The number of aliphatic carboxylic acids is 1. The Morgan fingerprint density at radius 3 is 1.63 bits per heavy atom. The third kappa shape index (κ3) is 14.8. The molecule has 0 bridgehead atoms. The van der Waals surface area contributed by atoms with Crippen LogP contribution < -0.4 is 10.6 Å². The number of hydrogen-bond acceptors (Lipinski definition) is 14. The fourth-order valence-corrected chi connectivity index (χ4v) is 4.72. The highest BCUT2D eigenvalue weighted by atomic mass is 16.6. The molecule has 17 heteroatoms. The van der Waals surface area contributed by atoms with Crippen LogP contribution in [0.15, 0.2) is 18.2 Å². The lowest BCUT2D eigenvalue weighted by atomic mass is 10.0. The summed E-state index contributed by atoms with van der Waals surface area (Å²) in [5, 5.41) is 13.8. The number of ether oxygens (including phenoxy) is 8. The van der Waals surface area contributed by atoms with E-state index in [1.807, 2.05) is 0 Å². The zero-order valence-corrected chi connectivity index (χ0v) is 27.7. The maximum atomic E-state index is 13.1. The summed E-state index contributed by atoms with van der Waals surface area (Å²) in [5.41, 5.74) is 0.891. The number of carboxylic acids is 1. The van der Waals surface area contributed by atoms with Gasteiger partial charge in [-0.15, -0.1) is 0 Å². The van der Waals surface area contributed by atoms with Gasteiger partial charge in [0.1, 0.15) is 6.04 Å². The minimum atomic E-state index is -1.01. The van der Waals surface area contributed by atoms with Gasteiger partial charge in [-0.05, 0) is 18.6 Å². The molecule has 4 amide bonds. The van der Waals surface area contributed by atoms with Crippen molar-refractivity contribution in [2.24, 2.45) is 0 Å². The minimum Gasteiger partial charge on any atom is -0.481 e. The van der Waals surface area contributed by atoms with Crippen LogP contribution in [0.25, 0.3) is 0 Å². The van der Waals surface area contributed by atoms with Crippen molar-refractivity contribution in [3.8, 4) is 0 Å². The van der Waals surface area contributed by atoms with Crippen molar-refractivity contribution in [2.45, 2.75) is 25.3 Å². The molecule has 3 N–H and O–H groups in total. The van der Waals surface area contributed by atoms with Crippen molar-refractivity contribution in [2.75, 3.05) is 118 Å². The third-order valence-electron chi connectivity index (χ3n) is 7.09. The summed E-state index contributed by atoms with van der Waals surface area (Å²) in [5.74, 6) is -3.07. The van der Waals surface area contributed by atoms with Gasteiger partial charge in [0.05, 0.1) is 123 Å². The maximum absolute atomic E-state index is 13.1. The number of imide groups is 2. The highest BCUT2D eigenvalue weighted by Gasteiger charge is 2.45. The first-order valence-electron chi connectivity index (χ1n) is 16.3. The van der Waals surface area contributed by atoms with Crippen LogP contribution in [0, 0.1) is 0 Å². The Balaban J connectivity index is 1.07. The Bertz CT molecular complexity index is 1200. The highest BCUT2D eigenvalue weighted by Crippen LogP contribution is 2.32. The number of rotatable bonds is 29. The second-order valence-electron chi connectivity index (χ2n) is 10.6. The van der Waals surface area contributed by atoms with Crippen molar-refractivity contribution >= 4 is 35.3 Å². The molecule has 0 saturated carbocycles. The summed E-state index contributed by atoms with van der Waals surface area (Å²) >= 11 is 0. The Morgan fingerprint density at radius 2 is 1.16 bits per heavy atom. The predicted octanol–water partition coefficient (Wildman–Crippen LogP) is 0.107. The Kier molecular flexibility index (Phi) is 19.3. The van der Waals surface area contributed by atoms with Crippen molar-refractivity contribution in [3.63, 3.8) is 0 Å². The van der Waals surface area contributed by atoms with Crippen LogP contribution in [0.5, 0.6) is 0 Å². The van der Waals surface area contributed by atoms with E-state index in [0.717, 1.165) is 4.90 Å². The van der Waals surface area contributed by atoms with Crippen LogP contribution in [-0.2, 0) is 52.3 Å². The van der Waals surface area contributed by atoms with Gasteiger partial charge in [0, 0.05) is 18.7 Å². The van der Waals surface area contributed by atoms with Gasteiger partial charge in [0.2, 0.25) is 11.8 Å². The summed E-state index contributed by atoms with van der Waals surface area (Å²) < 4.78 is 43.2. The normalized spacial score (nSPS) is 15.9. The zero-order chi connectivity index (χ0) is 35.1. The number of fused-ring (bicyclic) bond motifs is 1. The van der Waals surface area contributed by atoms with Gasteiger partial charge in [-0.25, -0.2) is 0 Å². The average Bonchev–Trinajstić information content (AvgIpc) is 3.33. The fourth-order valence-electron chi connectivity index (χ4n) is 4.72. The number of benzene rings is 1. The number of nitrogens with one attached hydrogen (secondary N) is 2. The van der Waals surface area contributed by atoms with E-state index in [9.17, 15) is 24.0 Å². The molecule has 1 fully saturated rings. The van der Waals surface area contributed by atoms with Crippen molar-refractivity contribution < 1.29 is 67.0 Å². The van der Waals surface area contributed by atoms with E-state index in [0.29, 0.717) is 111 Å². The molecule has 274 valence electrons. The average molecular weight is 698 g/mol. The first-order chi connectivity index (χ1) is 23.9. The number of piperidine rings is 1. The first-order valence-corrected chi connectivity index (χ1v) is 16.3. The topological polar surface area (TPSA) is 207 Å². The van der Waals surface area contributed by atoms with Crippen LogP contribution in [0.4, 0.5) is 5.69 Å². The number of carbonyl (C=O) groups excluding carboxylic acids is 4. The summed E-state index contributed by atoms with van der Waals surface area (Å²) in [6.45, 7) is 6.70.